The van der Waals surface area contributed by atoms with E-state index < -0.39 is 17.8 Å². The highest BCUT2D eigenvalue weighted by Crippen LogP contribution is 2.34. The molecule has 0 radical (unpaired) electrons. The number of hydrogen-bond acceptors (Lipinski definition) is 3. The van der Waals surface area contributed by atoms with Crippen molar-refractivity contribution in [3.8, 4) is 0 Å². The van der Waals surface area contributed by atoms with Crippen LogP contribution < -0.4 is 11.1 Å². The van der Waals surface area contributed by atoms with Gasteiger partial charge in [0, 0.05) is 0 Å². The van der Waals surface area contributed by atoms with Gasteiger partial charge in [0.15, 0.2) is 5.13 Å². The van der Waals surface area contributed by atoms with Crippen molar-refractivity contribution in [2.45, 2.75) is 6.18 Å². The molecule has 2 amide bonds. The molecule has 1 aromatic heterocycles. The molecule has 0 saturated carbocycles. The maximum Gasteiger partial charge on any atom is 0.416 e. The third kappa shape index (κ3) is 2.47. The largest absolute Gasteiger partial charge is 0.416 e. The van der Waals surface area contributed by atoms with E-state index in [-0.39, 0.29) is 5.13 Å². The molecule has 17 heavy (non-hydrogen) atoms. The van der Waals surface area contributed by atoms with Crippen LogP contribution in [0.5, 0.6) is 0 Å². The van der Waals surface area contributed by atoms with Gasteiger partial charge in [-0.1, -0.05) is 11.3 Å². The fourth-order valence-electron chi connectivity index (χ4n) is 1.26. The van der Waals surface area contributed by atoms with Crippen molar-refractivity contribution >= 4 is 32.7 Å². The van der Waals surface area contributed by atoms with Crippen molar-refractivity contribution in [1.82, 2.24) is 4.98 Å². The molecule has 0 unspecified atom stereocenters. The van der Waals surface area contributed by atoms with Crippen LogP contribution in [0.25, 0.3) is 10.2 Å². The number of nitrogens with one attached hydrogen (secondary N) is 1. The monoisotopic (exact) mass is 261 g/mol. The lowest BCUT2D eigenvalue weighted by atomic mass is 10.2. The van der Waals surface area contributed by atoms with E-state index in [0.29, 0.717) is 10.2 Å². The molecule has 0 saturated heterocycles. The Bertz CT molecular complexity index is 578. The van der Waals surface area contributed by atoms with Crippen molar-refractivity contribution in [3.63, 3.8) is 0 Å². The van der Waals surface area contributed by atoms with E-state index in [1.807, 2.05) is 0 Å². The average Bonchev–Trinajstić information content (AvgIpc) is 2.55. The molecule has 0 aliphatic rings. The van der Waals surface area contributed by atoms with Crippen molar-refractivity contribution < 1.29 is 18.0 Å². The van der Waals surface area contributed by atoms with Gasteiger partial charge in [-0.25, -0.2) is 9.78 Å². The molecule has 8 heteroatoms. The van der Waals surface area contributed by atoms with Gasteiger partial charge in [0.05, 0.1) is 15.8 Å². The van der Waals surface area contributed by atoms with Gasteiger partial charge in [-0.05, 0) is 18.2 Å². The molecule has 1 heterocycles. The minimum Gasteiger partial charge on any atom is -0.351 e. The lowest BCUT2D eigenvalue weighted by molar-refractivity contribution is -0.137. The molecule has 0 aliphatic heterocycles. The lowest BCUT2D eigenvalue weighted by Gasteiger charge is -2.04. The maximum atomic E-state index is 12.4. The number of nitrogens with two attached hydrogens (primary N) is 1. The van der Waals surface area contributed by atoms with Crippen LogP contribution in [0.2, 0.25) is 0 Å². The molecule has 0 fully saturated rings. The van der Waals surface area contributed by atoms with Gasteiger partial charge in [0.2, 0.25) is 0 Å². The molecule has 3 N–H and O–H groups in total. The first kappa shape index (κ1) is 11.6. The molecule has 2 rings (SSSR count). The van der Waals surface area contributed by atoms with Crippen LogP contribution in [-0.2, 0) is 6.18 Å². The van der Waals surface area contributed by atoms with Crippen LogP contribution in [0.3, 0.4) is 0 Å². The average molecular weight is 261 g/mol. The Morgan fingerprint density at radius 3 is 2.71 bits per heavy atom. The second-order valence-corrected chi connectivity index (χ2v) is 4.22. The van der Waals surface area contributed by atoms with Gasteiger partial charge < -0.3 is 5.73 Å². The highest BCUT2D eigenvalue weighted by atomic mass is 32.1. The summed E-state index contributed by atoms with van der Waals surface area (Å²) < 4.78 is 37.6. The summed E-state index contributed by atoms with van der Waals surface area (Å²) in [5, 5.41) is 2.39. The fourth-order valence-corrected chi connectivity index (χ4v) is 2.17. The molecule has 0 atom stereocenters. The number of alkyl halides is 3. The fraction of sp³-hybridized carbons (Fsp3) is 0.111. The number of hydrogen-bond donors (Lipinski definition) is 2. The number of halogens is 3. The zero-order valence-electron chi connectivity index (χ0n) is 8.21. The zero-order chi connectivity index (χ0) is 12.6. The SMILES string of the molecule is NC(=O)Nc1nc2ccc(C(F)(F)F)cc2s1. The first-order valence-corrected chi connectivity index (χ1v) is 5.22. The summed E-state index contributed by atoms with van der Waals surface area (Å²) in [6.45, 7) is 0. The van der Waals surface area contributed by atoms with Crippen LogP contribution in [0.4, 0.5) is 23.1 Å². The second-order valence-electron chi connectivity index (χ2n) is 3.19. The number of carbonyl (C=O) groups excluding carboxylic acids is 1. The first-order valence-electron chi connectivity index (χ1n) is 4.40. The van der Waals surface area contributed by atoms with E-state index in [9.17, 15) is 18.0 Å². The number of amides is 2. The minimum atomic E-state index is -4.39. The smallest absolute Gasteiger partial charge is 0.351 e. The van der Waals surface area contributed by atoms with Crippen molar-refractivity contribution in [3.05, 3.63) is 23.8 Å². The van der Waals surface area contributed by atoms with Crippen molar-refractivity contribution in [2.75, 3.05) is 5.32 Å². The predicted molar refractivity (Wildman–Crippen MR) is 57.8 cm³/mol. The van der Waals surface area contributed by atoms with Gasteiger partial charge >= 0.3 is 12.2 Å². The van der Waals surface area contributed by atoms with Crippen LogP contribution in [0, 0.1) is 0 Å². The molecular formula is C9H6F3N3OS. The van der Waals surface area contributed by atoms with Gasteiger partial charge in [-0.15, -0.1) is 0 Å². The number of benzene rings is 1. The van der Waals surface area contributed by atoms with Gasteiger partial charge in [0.25, 0.3) is 0 Å². The molecule has 0 bridgehead atoms. The number of aromatic nitrogens is 1. The molecule has 1 aromatic carbocycles. The van der Waals surface area contributed by atoms with Gasteiger partial charge in [-0.2, -0.15) is 13.2 Å². The predicted octanol–water partition coefficient (Wildman–Crippen LogP) is 2.81. The molecular weight excluding hydrogens is 255 g/mol. The van der Waals surface area contributed by atoms with E-state index in [1.165, 1.54) is 6.07 Å². The molecule has 2 aromatic rings. The zero-order valence-corrected chi connectivity index (χ0v) is 9.02. The summed E-state index contributed by atoms with van der Waals surface area (Å²) in [7, 11) is 0. The summed E-state index contributed by atoms with van der Waals surface area (Å²) in [5.41, 5.74) is 4.51. The Kier molecular flexibility index (Phi) is 2.66. The van der Waals surface area contributed by atoms with Gasteiger partial charge in [-0.3, -0.25) is 5.32 Å². The number of nitrogens with zero attached hydrogens (tertiary/aromatic N) is 1. The minimum absolute atomic E-state index is 0.173. The van der Waals surface area contributed by atoms with E-state index in [1.54, 1.807) is 0 Å². The van der Waals surface area contributed by atoms with E-state index >= 15 is 0 Å². The highest BCUT2D eigenvalue weighted by Gasteiger charge is 2.30. The van der Waals surface area contributed by atoms with Crippen molar-refractivity contribution in [1.29, 1.82) is 0 Å². The number of primary amides is 1. The standard InChI is InChI=1S/C9H6F3N3OS/c10-9(11,12)4-1-2-5-6(3-4)17-8(14-5)15-7(13)16/h1-3H,(H3,13,14,15,16). The normalized spacial score (nSPS) is 11.7. The van der Waals surface area contributed by atoms with Crippen molar-refractivity contribution in [2.24, 2.45) is 5.73 Å². The molecule has 90 valence electrons. The van der Waals surface area contributed by atoms with Gasteiger partial charge in [0.1, 0.15) is 0 Å². The Balaban J connectivity index is 2.44. The highest BCUT2D eigenvalue weighted by molar-refractivity contribution is 7.22. The summed E-state index contributed by atoms with van der Waals surface area (Å²) in [6.07, 6.45) is -4.39. The molecule has 4 nitrogen and oxygen atoms in total. The Hall–Kier alpha value is -1.83. The summed E-state index contributed by atoms with van der Waals surface area (Å²) >= 11 is 0.933. The lowest BCUT2D eigenvalue weighted by Crippen LogP contribution is -2.18. The van der Waals surface area contributed by atoms with Crippen LogP contribution in [0.1, 0.15) is 5.56 Å². The topological polar surface area (TPSA) is 68.0 Å². The third-order valence-electron chi connectivity index (χ3n) is 1.95. The van der Waals surface area contributed by atoms with Crippen LogP contribution >= 0.6 is 11.3 Å². The van der Waals surface area contributed by atoms with E-state index in [4.69, 9.17) is 5.73 Å². The number of rotatable bonds is 1. The van der Waals surface area contributed by atoms with E-state index in [0.717, 1.165) is 23.5 Å². The summed E-state index contributed by atoms with van der Waals surface area (Å²) in [6, 6.07) is 2.37. The Labute approximate surface area is 97.3 Å². The van der Waals surface area contributed by atoms with E-state index in [2.05, 4.69) is 10.3 Å². The number of urea groups is 1. The van der Waals surface area contributed by atoms with Crippen LogP contribution in [-0.4, -0.2) is 11.0 Å². The molecule has 0 spiro atoms. The van der Waals surface area contributed by atoms with Crippen LogP contribution in [0.15, 0.2) is 18.2 Å². The Morgan fingerprint density at radius 2 is 2.12 bits per heavy atom. The number of thiazole rings is 1. The summed E-state index contributed by atoms with van der Waals surface area (Å²) in [5.74, 6) is 0. The number of carbonyl (C=O) groups is 1. The number of anilines is 1. The maximum absolute atomic E-state index is 12.4. The third-order valence-corrected chi connectivity index (χ3v) is 2.88. The first-order chi connectivity index (χ1) is 7.86. The summed E-state index contributed by atoms with van der Waals surface area (Å²) in [4.78, 5) is 14.5. The Morgan fingerprint density at radius 1 is 1.41 bits per heavy atom. The second kappa shape index (κ2) is 3.88. The molecule has 0 aliphatic carbocycles. The quantitative estimate of drug-likeness (QED) is 0.828. The number of fused-ring (bicyclic) bond motifs is 1.